The van der Waals surface area contributed by atoms with E-state index < -0.39 is 35.2 Å². The monoisotopic (exact) mass is 432 g/mol. The molecule has 170 valence electrons. The Balaban J connectivity index is 1.47. The van der Waals surface area contributed by atoms with Gasteiger partial charge in [-0.3, -0.25) is 0 Å². The van der Waals surface area contributed by atoms with E-state index in [0.717, 1.165) is 18.8 Å². The molecule has 0 unspecified atom stereocenters. The van der Waals surface area contributed by atoms with E-state index in [1.807, 2.05) is 0 Å². The number of hydrogen-bond acceptors (Lipinski definition) is 1. The highest BCUT2D eigenvalue weighted by Crippen LogP contribution is 2.46. The third-order valence-corrected chi connectivity index (χ3v) is 7.23. The smallest absolute Gasteiger partial charge is 0.400 e. The predicted molar refractivity (Wildman–Crippen MR) is 107 cm³/mol. The standard InChI is InChI=1S/C24H33F5O/c1-2-3-4-5-16-6-8-17(9-7-16)18-10-12-19(13-11-18)24(28,29)30-20-14-21(25)23(27)22(26)15-20/h14-19H,2-13H2,1H3/t16-,17-,18-,19-. The molecule has 2 fully saturated rings. The molecule has 6 heteroatoms. The Morgan fingerprint density at radius 1 is 0.833 bits per heavy atom. The summed E-state index contributed by atoms with van der Waals surface area (Å²) in [4.78, 5) is 0. The molecule has 0 heterocycles. The fourth-order valence-corrected chi connectivity index (χ4v) is 5.39. The molecule has 1 aromatic rings. The van der Waals surface area contributed by atoms with E-state index >= 15 is 0 Å². The van der Waals surface area contributed by atoms with Crippen molar-refractivity contribution in [3.8, 4) is 5.75 Å². The summed E-state index contributed by atoms with van der Waals surface area (Å²) < 4.78 is 73.4. The number of unbranched alkanes of at least 4 members (excludes halogenated alkanes) is 2. The summed E-state index contributed by atoms with van der Waals surface area (Å²) in [6, 6.07) is 0.938. The van der Waals surface area contributed by atoms with Gasteiger partial charge in [-0.15, -0.1) is 0 Å². The van der Waals surface area contributed by atoms with Crippen LogP contribution in [0.4, 0.5) is 22.0 Å². The maximum atomic E-state index is 14.6. The molecule has 1 nitrogen and oxygen atoms in total. The van der Waals surface area contributed by atoms with Crippen LogP contribution in [0.25, 0.3) is 0 Å². The first-order valence-electron chi connectivity index (χ1n) is 11.5. The van der Waals surface area contributed by atoms with Crippen LogP contribution in [0.3, 0.4) is 0 Å². The van der Waals surface area contributed by atoms with Crippen LogP contribution >= 0.6 is 0 Å². The summed E-state index contributed by atoms with van der Waals surface area (Å²) in [7, 11) is 0. The van der Waals surface area contributed by atoms with E-state index in [9.17, 15) is 22.0 Å². The molecule has 0 aliphatic heterocycles. The zero-order valence-corrected chi connectivity index (χ0v) is 17.7. The summed E-state index contributed by atoms with van der Waals surface area (Å²) in [6.45, 7) is 2.22. The maximum absolute atomic E-state index is 14.6. The largest absolute Gasteiger partial charge is 0.432 e. The quantitative estimate of drug-likeness (QED) is 0.228. The summed E-state index contributed by atoms with van der Waals surface area (Å²) >= 11 is 0. The van der Waals surface area contributed by atoms with E-state index in [0.29, 0.717) is 36.8 Å². The SMILES string of the molecule is CCCCC[C@H]1CC[C@H]([C@H]2CC[C@H](C(F)(F)Oc3cc(F)c(F)c(F)c3)CC2)CC1. The molecule has 0 spiro atoms. The number of rotatable bonds is 8. The lowest BCUT2D eigenvalue weighted by atomic mass is 9.68. The molecule has 0 bridgehead atoms. The molecule has 1 aromatic carbocycles. The first-order valence-corrected chi connectivity index (χ1v) is 11.5. The zero-order chi connectivity index (χ0) is 21.7. The third kappa shape index (κ3) is 5.88. The van der Waals surface area contributed by atoms with Gasteiger partial charge >= 0.3 is 6.11 Å². The van der Waals surface area contributed by atoms with Gasteiger partial charge in [-0.25, -0.2) is 13.2 Å². The fourth-order valence-electron chi connectivity index (χ4n) is 5.39. The second kappa shape index (κ2) is 10.3. The van der Waals surface area contributed by atoms with Crippen LogP contribution < -0.4 is 4.74 Å². The molecule has 0 saturated heterocycles. The Kier molecular flexibility index (Phi) is 8.03. The van der Waals surface area contributed by atoms with Crippen LogP contribution in [-0.2, 0) is 0 Å². The normalized spacial score (nSPS) is 27.8. The third-order valence-electron chi connectivity index (χ3n) is 7.23. The van der Waals surface area contributed by atoms with Crippen molar-refractivity contribution in [2.24, 2.45) is 23.7 Å². The number of alkyl halides is 2. The van der Waals surface area contributed by atoms with Gasteiger partial charge in [0, 0.05) is 12.1 Å². The van der Waals surface area contributed by atoms with E-state index in [2.05, 4.69) is 11.7 Å². The van der Waals surface area contributed by atoms with Gasteiger partial charge in [-0.1, -0.05) is 45.4 Å². The van der Waals surface area contributed by atoms with Crippen LogP contribution in [0.2, 0.25) is 0 Å². The second-order valence-corrected chi connectivity index (χ2v) is 9.25. The first kappa shape index (κ1) is 23.3. The van der Waals surface area contributed by atoms with Crippen LogP contribution in [0.1, 0.15) is 84.0 Å². The maximum Gasteiger partial charge on any atom is 0.400 e. The van der Waals surface area contributed by atoms with Crippen molar-refractivity contribution in [3.05, 3.63) is 29.6 Å². The lowest BCUT2D eigenvalue weighted by Crippen LogP contribution is -2.38. The number of halogens is 5. The Morgan fingerprint density at radius 2 is 1.37 bits per heavy atom. The van der Waals surface area contributed by atoms with Gasteiger partial charge in [0.25, 0.3) is 0 Å². The fraction of sp³-hybridized carbons (Fsp3) is 0.750. The van der Waals surface area contributed by atoms with E-state index in [1.54, 1.807) is 0 Å². The summed E-state index contributed by atoms with van der Waals surface area (Å²) in [6.07, 6.45) is 8.72. The first-order chi connectivity index (χ1) is 14.3. The van der Waals surface area contributed by atoms with Crippen molar-refractivity contribution in [3.63, 3.8) is 0 Å². The second-order valence-electron chi connectivity index (χ2n) is 9.25. The molecule has 0 radical (unpaired) electrons. The van der Waals surface area contributed by atoms with Gasteiger partial charge in [-0.05, 0) is 56.3 Å². The van der Waals surface area contributed by atoms with Crippen molar-refractivity contribution in [1.82, 2.24) is 0 Å². The van der Waals surface area contributed by atoms with Crippen molar-refractivity contribution in [2.45, 2.75) is 90.1 Å². The number of hydrogen-bond donors (Lipinski definition) is 0. The highest BCUT2D eigenvalue weighted by molar-refractivity contribution is 5.25. The van der Waals surface area contributed by atoms with Gasteiger partial charge in [0.2, 0.25) is 0 Å². The molecule has 0 N–H and O–H groups in total. The summed E-state index contributed by atoms with van der Waals surface area (Å²) in [5.41, 5.74) is 0. The molecule has 2 aliphatic carbocycles. The minimum absolute atomic E-state index is 0.334. The number of ether oxygens (including phenoxy) is 1. The van der Waals surface area contributed by atoms with Gasteiger partial charge in [-0.2, -0.15) is 8.78 Å². The summed E-state index contributed by atoms with van der Waals surface area (Å²) in [5, 5.41) is 0. The lowest BCUT2D eigenvalue weighted by molar-refractivity contribution is -0.224. The molecular formula is C24H33F5O. The van der Waals surface area contributed by atoms with Gasteiger partial charge in [0.05, 0.1) is 5.92 Å². The molecule has 0 amide bonds. The average Bonchev–Trinajstić information content (AvgIpc) is 2.72. The van der Waals surface area contributed by atoms with E-state index in [-0.39, 0.29) is 0 Å². The lowest BCUT2D eigenvalue weighted by Gasteiger charge is -2.39. The summed E-state index contributed by atoms with van der Waals surface area (Å²) in [5.74, 6) is -4.48. The molecular weight excluding hydrogens is 399 g/mol. The van der Waals surface area contributed by atoms with Crippen molar-refractivity contribution in [1.29, 1.82) is 0 Å². The molecule has 30 heavy (non-hydrogen) atoms. The zero-order valence-electron chi connectivity index (χ0n) is 17.7. The van der Waals surface area contributed by atoms with Crippen LogP contribution in [-0.4, -0.2) is 6.11 Å². The Bertz CT molecular complexity index is 653. The van der Waals surface area contributed by atoms with Crippen LogP contribution in [0.5, 0.6) is 5.75 Å². The minimum Gasteiger partial charge on any atom is -0.432 e. The van der Waals surface area contributed by atoms with Gasteiger partial charge < -0.3 is 4.74 Å². The molecule has 3 rings (SSSR count). The van der Waals surface area contributed by atoms with E-state index in [4.69, 9.17) is 0 Å². The Morgan fingerprint density at radius 3 is 1.90 bits per heavy atom. The molecule has 2 aliphatic rings. The van der Waals surface area contributed by atoms with Gasteiger partial charge in [0.1, 0.15) is 5.75 Å². The van der Waals surface area contributed by atoms with Crippen LogP contribution in [0.15, 0.2) is 12.1 Å². The van der Waals surface area contributed by atoms with Crippen molar-refractivity contribution in [2.75, 3.05) is 0 Å². The Hall–Kier alpha value is -1.33. The Labute approximate surface area is 176 Å². The van der Waals surface area contributed by atoms with E-state index in [1.165, 1.54) is 51.4 Å². The topological polar surface area (TPSA) is 9.23 Å². The number of benzene rings is 1. The highest BCUT2D eigenvalue weighted by Gasteiger charge is 2.45. The highest BCUT2D eigenvalue weighted by atomic mass is 19.3. The molecule has 0 atom stereocenters. The van der Waals surface area contributed by atoms with Crippen LogP contribution in [0, 0.1) is 41.1 Å². The average molecular weight is 433 g/mol. The van der Waals surface area contributed by atoms with Crippen molar-refractivity contribution < 1.29 is 26.7 Å². The molecule has 0 aromatic heterocycles. The van der Waals surface area contributed by atoms with Crippen molar-refractivity contribution >= 4 is 0 Å². The molecule has 2 saturated carbocycles. The minimum atomic E-state index is -3.53. The predicted octanol–water partition coefficient (Wildman–Crippen LogP) is 8.27. The van der Waals surface area contributed by atoms with Gasteiger partial charge in [0.15, 0.2) is 17.5 Å².